The number of halogens is 4. The van der Waals surface area contributed by atoms with Crippen molar-refractivity contribution in [1.29, 1.82) is 0 Å². The molecular formula is C17H22ClF3N4O3. The maximum absolute atomic E-state index is 12.8. The van der Waals surface area contributed by atoms with E-state index in [4.69, 9.17) is 11.6 Å². The van der Waals surface area contributed by atoms with Gasteiger partial charge in [-0.1, -0.05) is 11.6 Å². The van der Waals surface area contributed by atoms with Crippen LogP contribution < -0.4 is 16.0 Å². The van der Waals surface area contributed by atoms with Crippen LogP contribution in [0.5, 0.6) is 0 Å². The number of nitrogens with zero attached hydrogens (tertiary/aromatic N) is 1. The van der Waals surface area contributed by atoms with Crippen LogP contribution in [0.2, 0.25) is 5.02 Å². The van der Waals surface area contributed by atoms with Crippen LogP contribution in [0.25, 0.3) is 0 Å². The topological polar surface area (TPSA) is 90.5 Å². The van der Waals surface area contributed by atoms with Crippen LogP contribution >= 0.6 is 11.6 Å². The number of carbonyl (C=O) groups excluding carboxylic acids is 3. The maximum Gasteiger partial charge on any atom is 0.417 e. The van der Waals surface area contributed by atoms with Gasteiger partial charge in [0.05, 0.1) is 23.7 Å². The molecule has 1 aromatic carbocycles. The SMILES string of the molecule is CN(CC(=O)NC(=O)NC(C)(C)C)CC(=O)Nc1ccc(Cl)c(C(F)(F)F)c1. The molecule has 0 spiro atoms. The van der Waals surface area contributed by atoms with Crippen molar-refractivity contribution in [3.63, 3.8) is 0 Å². The lowest BCUT2D eigenvalue weighted by molar-refractivity contribution is -0.137. The quantitative estimate of drug-likeness (QED) is 0.680. The fraction of sp³-hybridized carbons (Fsp3) is 0.471. The summed E-state index contributed by atoms with van der Waals surface area (Å²) in [6, 6.07) is 2.32. The highest BCUT2D eigenvalue weighted by molar-refractivity contribution is 6.31. The van der Waals surface area contributed by atoms with Gasteiger partial charge in [0.25, 0.3) is 0 Å². The van der Waals surface area contributed by atoms with Crippen molar-refractivity contribution in [3.05, 3.63) is 28.8 Å². The molecule has 4 amide bonds. The number of hydrogen-bond acceptors (Lipinski definition) is 4. The Morgan fingerprint density at radius 2 is 1.64 bits per heavy atom. The first kappa shape index (κ1) is 23.7. The zero-order valence-electron chi connectivity index (χ0n) is 15.8. The summed E-state index contributed by atoms with van der Waals surface area (Å²) in [5, 5.41) is 6.49. The van der Waals surface area contributed by atoms with E-state index in [0.29, 0.717) is 0 Å². The number of urea groups is 1. The summed E-state index contributed by atoms with van der Waals surface area (Å²) >= 11 is 5.52. The van der Waals surface area contributed by atoms with Crippen molar-refractivity contribution in [2.24, 2.45) is 0 Å². The number of nitrogens with one attached hydrogen (secondary N) is 3. The lowest BCUT2D eigenvalue weighted by atomic mass is 10.1. The molecule has 11 heteroatoms. The third kappa shape index (κ3) is 8.57. The van der Waals surface area contributed by atoms with E-state index in [1.165, 1.54) is 18.0 Å². The molecule has 0 aliphatic heterocycles. The smallest absolute Gasteiger partial charge is 0.333 e. The van der Waals surface area contributed by atoms with Crippen molar-refractivity contribution in [2.75, 3.05) is 25.5 Å². The molecule has 0 aromatic heterocycles. The molecule has 1 aromatic rings. The standard InChI is InChI=1S/C17H22ClF3N4O3/c1-16(2,3)24-15(28)23-14(27)9-25(4)8-13(26)22-10-5-6-12(18)11(7-10)17(19,20)21/h5-7H,8-9H2,1-4H3,(H,22,26)(H2,23,24,27,28). The number of likely N-dealkylation sites (N-methyl/N-ethyl adjacent to an activating group) is 1. The molecule has 7 nitrogen and oxygen atoms in total. The van der Waals surface area contributed by atoms with Gasteiger partial charge >= 0.3 is 12.2 Å². The van der Waals surface area contributed by atoms with Gasteiger partial charge in [0.2, 0.25) is 11.8 Å². The van der Waals surface area contributed by atoms with E-state index in [1.807, 2.05) is 0 Å². The van der Waals surface area contributed by atoms with Gasteiger partial charge in [-0.2, -0.15) is 13.2 Å². The molecule has 0 atom stereocenters. The predicted octanol–water partition coefficient (Wildman–Crippen LogP) is 2.85. The van der Waals surface area contributed by atoms with Crippen LogP contribution in [0.4, 0.5) is 23.7 Å². The molecule has 0 unspecified atom stereocenters. The zero-order chi connectivity index (χ0) is 21.7. The lowest BCUT2D eigenvalue weighted by Gasteiger charge is -2.21. The number of hydrogen-bond donors (Lipinski definition) is 3. The van der Waals surface area contributed by atoms with E-state index in [2.05, 4.69) is 16.0 Å². The van der Waals surface area contributed by atoms with Crippen LogP contribution in [0, 0.1) is 0 Å². The van der Waals surface area contributed by atoms with Gasteiger partial charge in [-0.05, 0) is 46.0 Å². The summed E-state index contributed by atoms with van der Waals surface area (Å²) in [6.45, 7) is 4.69. The molecule has 0 radical (unpaired) electrons. The van der Waals surface area contributed by atoms with Gasteiger partial charge < -0.3 is 10.6 Å². The highest BCUT2D eigenvalue weighted by Crippen LogP contribution is 2.36. The van der Waals surface area contributed by atoms with E-state index < -0.39 is 40.1 Å². The molecule has 0 saturated carbocycles. The second-order valence-corrected chi connectivity index (χ2v) is 7.57. The Kier molecular flexibility index (Phi) is 7.83. The van der Waals surface area contributed by atoms with Gasteiger partial charge in [-0.15, -0.1) is 0 Å². The first-order chi connectivity index (χ1) is 12.7. The van der Waals surface area contributed by atoms with Crippen LogP contribution in [-0.4, -0.2) is 48.4 Å². The minimum atomic E-state index is -4.65. The van der Waals surface area contributed by atoms with Crippen LogP contribution in [0.3, 0.4) is 0 Å². The summed E-state index contributed by atoms with van der Waals surface area (Å²) in [4.78, 5) is 36.7. The molecule has 156 valence electrons. The third-order valence-corrected chi connectivity index (χ3v) is 3.45. The molecule has 0 bridgehead atoms. The Labute approximate surface area is 165 Å². The zero-order valence-corrected chi connectivity index (χ0v) is 16.6. The van der Waals surface area contributed by atoms with Crippen molar-refractivity contribution in [1.82, 2.24) is 15.5 Å². The second-order valence-electron chi connectivity index (χ2n) is 7.17. The fourth-order valence-corrected chi connectivity index (χ4v) is 2.33. The van der Waals surface area contributed by atoms with E-state index in [-0.39, 0.29) is 18.8 Å². The van der Waals surface area contributed by atoms with Gasteiger partial charge in [-0.25, -0.2) is 4.79 Å². The Morgan fingerprint density at radius 3 is 2.18 bits per heavy atom. The molecule has 0 aliphatic carbocycles. The predicted molar refractivity (Wildman–Crippen MR) is 99.0 cm³/mol. The van der Waals surface area contributed by atoms with E-state index in [0.717, 1.165) is 12.1 Å². The first-order valence-corrected chi connectivity index (χ1v) is 8.52. The van der Waals surface area contributed by atoms with Gasteiger partial charge in [0.1, 0.15) is 0 Å². The minimum absolute atomic E-state index is 0.0795. The summed E-state index contributed by atoms with van der Waals surface area (Å²) in [5.74, 6) is -1.27. The second kappa shape index (κ2) is 9.24. The molecule has 0 saturated heterocycles. The maximum atomic E-state index is 12.8. The lowest BCUT2D eigenvalue weighted by Crippen LogP contribution is -2.50. The molecule has 0 aliphatic rings. The number of carbonyl (C=O) groups is 3. The number of amides is 4. The average molecular weight is 423 g/mol. The van der Waals surface area contributed by atoms with Crippen molar-refractivity contribution >= 4 is 35.1 Å². The normalized spacial score (nSPS) is 11.9. The number of anilines is 1. The van der Waals surface area contributed by atoms with Crippen molar-refractivity contribution < 1.29 is 27.6 Å². The summed E-state index contributed by atoms with van der Waals surface area (Å²) < 4.78 is 38.5. The van der Waals surface area contributed by atoms with Gasteiger partial charge in [0.15, 0.2) is 0 Å². The summed E-state index contributed by atoms with van der Waals surface area (Å²) in [6.07, 6.45) is -4.65. The van der Waals surface area contributed by atoms with E-state index in [1.54, 1.807) is 20.8 Å². The van der Waals surface area contributed by atoms with Crippen LogP contribution in [0.15, 0.2) is 18.2 Å². The largest absolute Gasteiger partial charge is 0.417 e. The van der Waals surface area contributed by atoms with Gasteiger partial charge in [0, 0.05) is 11.2 Å². The number of rotatable bonds is 5. The number of alkyl halides is 3. The number of benzene rings is 1. The third-order valence-electron chi connectivity index (χ3n) is 3.12. The molecule has 3 N–H and O–H groups in total. The van der Waals surface area contributed by atoms with E-state index >= 15 is 0 Å². The van der Waals surface area contributed by atoms with Crippen LogP contribution in [0.1, 0.15) is 26.3 Å². The Morgan fingerprint density at radius 1 is 1.07 bits per heavy atom. The summed E-state index contributed by atoms with van der Waals surface area (Å²) in [7, 11) is 1.45. The number of imide groups is 1. The molecule has 1 rings (SSSR count). The highest BCUT2D eigenvalue weighted by Gasteiger charge is 2.33. The highest BCUT2D eigenvalue weighted by atomic mass is 35.5. The Hall–Kier alpha value is -2.33. The Bertz CT molecular complexity index is 748. The monoisotopic (exact) mass is 422 g/mol. The molecule has 28 heavy (non-hydrogen) atoms. The first-order valence-electron chi connectivity index (χ1n) is 8.14. The average Bonchev–Trinajstić information content (AvgIpc) is 2.45. The van der Waals surface area contributed by atoms with Gasteiger partial charge in [-0.3, -0.25) is 19.8 Å². The fourth-order valence-electron chi connectivity index (χ4n) is 2.10. The molecule has 0 fully saturated rings. The molecular weight excluding hydrogens is 401 g/mol. The van der Waals surface area contributed by atoms with E-state index in [9.17, 15) is 27.6 Å². The van der Waals surface area contributed by atoms with Crippen molar-refractivity contribution in [3.8, 4) is 0 Å². The van der Waals surface area contributed by atoms with Crippen LogP contribution in [-0.2, 0) is 15.8 Å². The van der Waals surface area contributed by atoms with Crippen molar-refractivity contribution in [2.45, 2.75) is 32.5 Å². The minimum Gasteiger partial charge on any atom is -0.333 e. The summed E-state index contributed by atoms with van der Waals surface area (Å²) in [5.41, 5.74) is -1.67. The Balaban J connectivity index is 2.57. The molecule has 0 heterocycles.